The van der Waals surface area contributed by atoms with Crippen LogP contribution in [0, 0.1) is 11.6 Å². The van der Waals surface area contributed by atoms with Crippen molar-refractivity contribution in [3.05, 3.63) is 65.2 Å². The fraction of sp³-hybridized carbons (Fsp3) is 0.348. The van der Waals surface area contributed by atoms with Crippen LogP contribution < -0.4 is 4.74 Å². The summed E-state index contributed by atoms with van der Waals surface area (Å²) in [6.07, 6.45) is 0.272. The third kappa shape index (κ3) is 4.28. The van der Waals surface area contributed by atoms with Crippen LogP contribution >= 0.6 is 0 Å². The van der Waals surface area contributed by atoms with Crippen molar-refractivity contribution >= 4 is 17.7 Å². The summed E-state index contributed by atoms with van der Waals surface area (Å²) < 4.78 is 32.4. The first-order chi connectivity index (χ1) is 15.4. The number of rotatable bonds is 4. The molecule has 0 N–H and O–H groups in total. The summed E-state index contributed by atoms with van der Waals surface area (Å²) in [6, 6.07) is 9.23. The smallest absolute Gasteiger partial charge is 0.254 e. The van der Waals surface area contributed by atoms with Gasteiger partial charge in [-0.05, 0) is 42.3 Å². The molecule has 7 nitrogen and oxygen atoms in total. The van der Waals surface area contributed by atoms with Gasteiger partial charge in [0.2, 0.25) is 11.8 Å². The Balaban J connectivity index is 1.47. The molecule has 2 aliphatic rings. The maximum Gasteiger partial charge on any atom is 0.254 e. The van der Waals surface area contributed by atoms with Crippen LogP contribution in [0.2, 0.25) is 0 Å². The van der Waals surface area contributed by atoms with Gasteiger partial charge in [-0.2, -0.15) is 0 Å². The summed E-state index contributed by atoms with van der Waals surface area (Å²) in [5.74, 6) is -1.80. The van der Waals surface area contributed by atoms with E-state index in [1.807, 2.05) is 0 Å². The molecule has 2 fully saturated rings. The predicted molar refractivity (Wildman–Crippen MR) is 111 cm³/mol. The van der Waals surface area contributed by atoms with Crippen molar-refractivity contribution in [2.45, 2.75) is 19.0 Å². The zero-order chi connectivity index (χ0) is 22.8. The summed E-state index contributed by atoms with van der Waals surface area (Å²) in [6.45, 7) is 0.754. The number of nitrogens with zero attached hydrogens (tertiary/aromatic N) is 3. The number of methoxy groups -OCH3 is 1. The number of fused-ring (bicyclic) bond motifs is 1. The molecule has 0 aliphatic carbocycles. The number of carbonyl (C=O) groups is 3. The highest BCUT2D eigenvalue weighted by Gasteiger charge is 2.41. The highest BCUT2D eigenvalue weighted by atomic mass is 19.1. The summed E-state index contributed by atoms with van der Waals surface area (Å²) in [5, 5.41) is 0. The summed E-state index contributed by atoms with van der Waals surface area (Å²) in [5.41, 5.74) is 0.778. The number of hydrogen-bond donors (Lipinski definition) is 0. The zero-order valence-corrected chi connectivity index (χ0v) is 17.6. The summed E-state index contributed by atoms with van der Waals surface area (Å²) >= 11 is 0. The average molecular weight is 443 g/mol. The van der Waals surface area contributed by atoms with Gasteiger partial charge in [0.05, 0.1) is 7.11 Å². The SMILES string of the molecule is COc1ccc(C(=O)N2CCC3C(=O)N(Cc4cccc(F)c4)CC(=O)N3CC2)cc1F. The number of hydrogen-bond acceptors (Lipinski definition) is 4. The van der Waals surface area contributed by atoms with E-state index >= 15 is 0 Å². The van der Waals surface area contributed by atoms with E-state index < -0.39 is 17.7 Å². The van der Waals surface area contributed by atoms with Crippen LogP contribution in [0.5, 0.6) is 5.75 Å². The second kappa shape index (κ2) is 8.94. The Morgan fingerprint density at radius 1 is 1.09 bits per heavy atom. The van der Waals surface area contributed by atoms with Crippen LogP contribution in [-0.4, -0.2) is 71.8 Å². The van der Waals surface area contributed by atoms with Crippen molar-refractivity contribution in [3.63, 3.8) is 0 Å². The second-order valence-electron chi connectivity index (χ2n) is 7.86. The fourth-order valence-electron chi connectivity index (χ4n) is 4.20. The average Bonchev–Trinajstić information content (AvgIpc) is 3.00. The Morgan fingerprint density at radius 2 is 1.91 bits per heavy atom. The lowest BCUT2D eigenvalue weighted by atomic mass is 10.1. The van der Waals surface area contributed by atoms with E-state index in [0.29, 0.717) is 5.56 Å². The van der Waals surface area contributed by atoms with Crippen molar-refractivity contribution in [3.8, 4) is 5.75 Å². The molecule has 168 valence electrons. The van der Waals surface area contributed by atoms with Crippen LogP contribution in [-0.2, 0) is 16.1 Å². The quantitative estimate of drug-likeness (QED) is 0.726. The molecule has 32 heavy (non-hydrogen) atoms. The molecule has 0 radical (unpaired) electrons. The molecule has 9 heteroatoms. The third-order valence-corrected chi connectivity index (χ3v) is 5.85. The molecule has 2 saturated heterocycles. The van der Waals surface area contributed by atoms with Gasteiger partial charge in [-0.3, -0.25) is 14.4 Å². The van der Waals surface area contributed by atoms with Crippen LogP contribution in [0.3, 0.4) is 0 Å². The molecule has 1 unspecified atom stereocenters. The van der Waals surface area contributed by atoms with Gasteiger partial charge in [-0.1, -0.05) is 12.1 Å². The predicted octanol–water partition coefficient (Wildman–Crippen LogP) is 2.06. The number of amides is 3. The number of benzene rings is 2. The van der Waals surface area contributed by atoms with E-state index in [2.05, 4.69) is 0 Å². The summed E-state index contributed by atoms with van der Waals surface area (Å²) in [7, 11) is 1.34. The van der Waals surface area contributed by atoms with E-state index in [1.54, 1.807) is 12.1 Å². The van der Waals surface area contributed by atoms with Gasteiger partial charge in [0.15, 0.2) is 11.6 Å². The van der Waals surface area contributed by atoms with Crippen LogP contribution in [0.1, 0.15) is 22.3 Å². The first-order valence-electron chi connectivity index (χ1n) is 10.3. The van der Waals surface area contributed by atoms with Gasteiger partial charge in [0.25, 0.3) is 5.91 Å². The topological polar surface area (TPSA) is 70.2 Å². The van der Waals surface area contributed by atoms with Crippen LogP contribution in [0.15, 0.2) is 42.5 Å². The molecule has 2 aromatic rings. The van der Waals surface area contributed by atoms with Crippen molar-refractivity contribution in [1.82, 2.24) is 14.7 Å². The Morgan fingerprint density at radius 3 is 2.62 bits per heavy atom. The van der Waals surface area contributed by atoms with E-state index in [9.17, 15) is 23.2 Å². The van der Waals surface area contributed by atoms with Gasteiger partial charge in [-0.25, -0.2) is 8.78 Å². The summed E-state index contributed by atoms with van der Waals surface area (Å²) in [4.78, 5) is 43.2. The molecule has 1 atom stereocenters. The van der Waals surface area contributed by atoms with E-state index in [0.717, 1.165) is 6.07 Å². The molecule has 3 amide bonds. The van der Waals surface area contributed by atoms with Crippen LogP contribution in [0.4, 0.5) is 8.78 Å². The van der Waals surface area contributed by atoms with Crippen molar-refractivity contribution in [2.24, 2.45) is 0 Å². The molecule has 2 aromatic carbocycles. The Bertz CT molecular complexity index is 1060. The van der Waals surface area contributed by atoms with Crippen molar-refractivity contribution in [2.75, 3.05) is 33.3 Å². The maximum atomic E-state index is 14.0. The van der Waals surface area contributed by atoms with E-state index in [-0.39, 0.29) is 68.2 Å². The number of ether oxygens (including phenoxy) is 1. The molecule has 0 bridgehead atoms. The zero-order valence-electron chi connectivity index (χ0n) is 17.6. The van der Waals surface area contributed by atoms with Crippen LogP contribution in [0.25, 0.3) is 0 Å². The molecule has 2 aliphatic heterocycles. The lowest BCUT2D eigenvalue weighted by Gasteiger charge is -2.39. The Labute approximate surface area is 184 Å². The van der Waals surface area contributed by atoms with Crippen molar-refractivity contribution < 1.29 is 27.9 Å². The largest absolute Gasteiger partial charge is 0.494 e. The minimum absolute atomic E-state index is 0.0455. The standard InChI is InChI=1S/C23H23F2N3O4/c1-32-20-6-5-16(12-18(20)25)22(30)26-8-7-19-23(31)27(14-21(29)28(19)10-9-26)13-15-3-2-4-17(24)11-15/h2-6,11-12,19H,7-10,13-14H2,1H3. The lowest BCUT2D eigenvalue weighted by Crippen LogP contribution is -2.59. The van der Waals surface area contributed by atoms with E-state index in [4.69, 9.17) is 4.74 Å². The highest BCUT2D eigenvalue weighted by molar-refractivity contribution is 5.96. The third-order valence-electron chi connectivity index (χ3n) is 5.85. The molecule has 0 aromatic heterocycles. The van der Waals surface area contributed by atoms with Crippen molar-refractivity contribution in [1.29, 1.82) is 0 Å². The van der Waals surface area contributed by atoms with E-state index in [1.165, 1.54) is 46.1 Å². The first kappa shape index (κ1) is 21.7. The number of carbonyl (C=O) groups excluding carboxylic acids is 3. The molecular weight excluding hydrogens is 420 g/mol. The normalized spacial score (nSPS) is 19.0. The van der Waals surface area contributed by atoms with Gasteiger partial charge >= 0.3 is 0 Å². The fourth-order valence-corrected chi connectivity index (χ4v) is 4.20. The Kier molecular flexibility index (Phi) is 6.07. The number of halogens is 2. The van der Waals surface area contributed by atoms with Gasteiger partial charge in [0.1, 0.15) is 18.4 Å². The minimum Gasteiger partial charge on any atom is -0.494 e. The van der Waals surface area contributed by atoms with Gasteiger partial charge < -0.3 is 19.4 Å². The first-order valence-corrected chi connectivity index (χ1v) is 10.3. The molecule has 0 spiro atoms. The van der Waals surface area contributed by atoms with Gasteiger partial charge in [-0.15, -0.1) is 0 Å². The molecular formula is C23H23F2N3O4. The molecule has 2 heterocycles. The Hall–Kier alpha value is -3.49. The maximum absolute atomic E-state index is 14.0. The number of piperazine rings is 1. The lowest BCUT2D eigenvalue weighted by molar-refractivity contribution is -0.156. The van der Waals surface area contributed by atoms with Gasteiger partial charge in [0, 0.05) is 31.7 Å². The molecule has 0 saturated carbocycles. The monoisotopic (exact) mass is 443 g/mol. The second-order valence-corrected chi connectivity index (χ2v) is 7.86. The highest BCUT2D eigenvalue weighted by Crippen LogP contribution is 2.23. The minimum atomic E-state index is -0.685. The molecule has 4 rings (SSSR count).